The lowest BCUT2D eigenvalue weighted by Crippen LogP contribution is -2.68. The molecule has 1 fully saturated rings. The number of alkyl halides is 2. The smallest absolute Gasteiger partial charge is 0.364 e. The van der Waals surface area contributed by atoms with Crippen LogP contribution in [0, 0.1) is 12.3 Å². The van der Waals surface area contributed by atoms with E-state index in [2.05, 4.69) is 21.9 Å². The summed E-state index contributed by atoms with van der Waals surface area (Å²) in [6, 6.07) is 4.45. The van der Waals surface area contributed by atoms with Gasteiger partial charge < -0.3 is 61.0 Å². The number of carbonyl (C=O) groups excluding carboxylic acids is 2. The maximum absolute atomic E-state index is 14.6. The van der Waals surface area contributed by atoms with Crippen molar-refractivity contribution in [3.63, 3.8) is 0 Å². The molecule has 0 saturated carbocycles. The second-order valence-electron chi connectivity index (χ2n) is 12.2. The summed E-state index contributed by atoms with van der Waals surface area (Å²) in [5.74, 6) is -8.90. The van der Waals surface area contributed by atoms with E-state index in [4.69, 9.17) is 20.6 Å². The van der Waals surface area contributed by atoms with Gasteiger partial charge in [-0.05, 0) is 12.8 Å². The van der Waals surface area contributed by atoms with Crippen molar-refractivity contribution >= 4 is 29.2 Å². The van der Waals surface area contributed by atoms with Gasteiger partial charge in [-0.1, -0.05) is 49.1 Å². The molecule has 1 heterocycles. The lowest BCUT2D eigenvalue weighted by atomic mass is 9.88. The van der Waals surface area contributed by atoms with E-state index in [1.165, 1.54) is 18.2 Å². The van der Waals surface area contributed by atoms with E-state index < -0.39 is 95.9 Å². The Bertz CT molecular complexity index is 1630. The van der Waals surface area contributed by atoms with Crippen molar-refractivity contribution in [1.82, 2.24) is 10.6 Å². The zero-order valence-electron chi connectivity index (χ0n) is 28.6. The largest absolute Gasteiger partial charge is 0.477 e. The molecule has 0 unspecified atom stereocenters. The van der Waals surface area contributed by atoms with Crippen LogP contribution < -0.4 is 32.1 Å². The van der Waals surface area contributed by atoms with Gasteiger partial charge in [0.25, 0.3) is 22.6 Å². The third kappa shape index (κ3) is 11.2. The highest BCUT2D eigenvalue weighted by Gasteiger charge is 2.56. The number of hydrogen-bond acceptors (Lipinski definition) is 14. The first-order valence-corrected chi connectivity index (χ1v) is 16.7. The molecule has 1 saturated heterocycles. The first-order valence-electron chi connectivity index (χ1n) is 16.7. The Morgan fingerprint density at radius 2 is 1.66 bits per heavy atom. The third-order valence-electron chi connectivity index (χ3n) is 8.35. The number of unbranched alkanes of at least 4 members (excludes halogenated alkanes) is 3. The molecule has 2 aromatic rings. The number of rotatable bonds is 23. The first-order chi connectivity index (χ1) is 25.2. The molecule has 0 radical (unpaired) electrons. The Labute approximate surface area is 302 Å². The minimum absolute atomic E-state index is 0.112. The second-order valence-corrected chi connectivity index (χ2v) is 12.2. The molecule has 19 heteroatoms. The summed E-state index contributed by atoms with van der Waals surface area (Å²) >= 11 is 0. The molecule has 1 aliphatic heterocycles. The van der Waals surface area contributed by atoms with E-state index in [1.807, 2.05) is 5.32 Å². The van der Waals surface area contributed by atoms with Gasteiger partial charge in [-0.15, -0.1) is 6.42 Å². The van der Waals surface area contributed by atoms with Gasteiger partial charge >= 0.3 is 11.9 Å². The standard InChI is InChI=1S/C34H44F2N4O13/c1-2-14-51-16-13-38-26-25(28(46)29(26)47)37-12-8-3-4-9-15-52-33(32(49)50)17-21(42)24(40-23(44)19-41)30(53-33)27(45)22(43)18-39-31(48)34(35,36)20-10-6-5-7-11-20/h1,5-7,10-11,21-22,24,27,30,37-38,41-43,45H,3-4,8-9,12-19H2,(H,39,48)(H,40,44)(H,49,50)/t21-,22+,24+,27+,30+,33+/m0/s1. The average Bonchev–Trinajstić information content (AvgIpc) is 3.15. The van der Waals surface area contributed by atoms with Gasteiger partial charge in [0.2, 0.25) is 5.91 Å². The number of carbonyl (C=O) groups is 3. The molecule has 0 bridgehead atoms. The molecule has 3 rings (SSSR count). The number of benzene rings is 1. The number of terminal acetylenes is 1. The van der Waals surface area contributed by atoms with Crippen LogP contribution in [0.2, 0.25) is 0 Å². The Kier molecular flexibility index (Phi) is 16.2. The molecule has 1 aliphatic rings. The minimum Gasteiger partial charge on any atom is -0.477 e. The number of ether oxygens (including phenoxy) is 3. The number of hydrogen-bond donors (Lipinski definition) is 9. The van der Waals surface area contributed by atoms with E-state index in [-0.39, 0.29) is 44.2 Å². The van der Waals surface area contributed by atoms with Crippen LogP contribution in [-0.2, 0) is 34.5 Å². The van der Waals surface area contributed by atoms with Gasteiger partial charge in [-0.25, -0.2) is 4.79 Å². The van der Waals surface area contributed by atoms with Crippen molar-refractivity contribution in [2.45, 2.75) is 74.3 Å². The molecular formula is C34H44F2N4O13. The Morgan fingerprint density at radius 1 is 1.02 bits per heavy atom. The normalized spacial score (nSPS) is 21.3. The molecule has 53 heavy (non-hydrogen) atoms. The number of nitrogens with one attached hydrogen (secondary N) is 4. The van der Waals surface area contributed by atoms with Gasteiger partial charge in [0.05, 0.1) is 31.5 Å². The summed E-state index contributed by atoms with van der Waals surface area (Å²) in [7, 11) is 0. The highest BCUT2D eigenvalue weighted by Crippen LogP contribution is 2.34. The lowest BCUT2D eigenvalue weighted by Gasteiger charge is -2.46. The number of anilines is 2. The van der Waals surface area contributed by atoms with E-state index in [1.54, 1.807) is 0 Å². The Morgan fingerprint density at radius 3 is 2.28 bits per heavy atom. The highest BCUT2D eigenvalue weighted by atomic mass is 19.3. The molecule has 9 N–H and O–H groups in total. The molecule has 292 valence electrons. The van der Waals surface area contributed by atoms with Crippen molar-refractivity contribution in [3.05, 3.63) is 56.3 Å². The number of aliphatic carboxylic acids is 1. The molecule has 0 spiro atoms. The molecular weight excluding hydrogens is 710 g/mol. The fourth-order valence-electron chi connectivity index (χ4n) is 5.51. The van der Waals surface area contributed by atoms with Crippen molar-refractivity contribution in [2.75, 3.05) is 56.7 Å². The van der Waals surface area contributed by atoms with Crippen LogP contribution >= 0.6 is 0 Å². The maximum Gasteiger partial charge on any atom is 0.364 e. The summed E-state index contributed by atoms with van der Waals surface area (Å²) in [5, 5.41) is 61.6. The number of carboxylic acid groups (broad SMARTS) is 1. The third-order valence-corrected chi connectivity index (χ3v) is 8.35. The van der Waals surface area contributed by atoms with E-state index in [0.29, 0.717) is 25.8 Å². The molecule has 0 aliphatic carbocycles. The van der Waals surface area contributed by atoms with Crippen LogP contribution in [0.25, 0.3) is 0 Å². The van der Waals surface area contributed by atoms with Gasteiger partial charge in [-0.2, -0.15) is 8.78 Å². The molecule has 17 nitrogen and oxygen atoms in total. The zero-order valence-corrected chi connectivity index (χ0v) is 28.6. The summed E-state index contributed by atoms with van der Waals surface area (Å²) in [6.45, 7) is -1.31. The van der Waals surface area contributed by atoms with E-state index >= 15 is 0 Å². The van der Waals surface area contributed by atoms with Crippen LogP contribution in [0.5, 0.6) is 0 Å². The molecule has 2 aromatic carbocycles. The topological polar surface area (TPSA) is 262 Å². The van der Waals surface area contributed by atoms with Crippen molar-refractivity contribution < 1.29 is 62.9 Å². The summed E-state index contributed by atoms with van der Waals surface area (Å²) in [6.07, 6.45) is -1.77. The summed E-state index contributed by atoms with van der Waals surface area (Å²) in [5.41, 5.74) is -1.62. The number of aliphatic hydroxyl groups excluding tert-OH is 4. The van der Waals surface area contributed by atoms with Crippen molar-refractivity contribution in [1.29, 1.82) is 0 Å². The summed E-state index contributed by atoms with van der Waals surface area (Å²) in [4.78, 5) is 60.5. The average molecular weight is 755 g/mol. The van der Waals surface area contributed by atoms with Crippen molar-refractivity contribution in [3.8, 4) is 12.3 Å². The van der Waals surface area contributed by atoms with Crippen LogP contribution in [0.1, 0.15) is 37.7 Å². The SMILES string of the molecule is C#CCOCCNc1c(NCCCCCCO[C@]2(C(=O)O)C[C@H](O)[C@@H](NC(=O)CO)[C@H]([C@H](O)[C@H](O)CNC(=O)C(F)(F)c3ccccc3)O2)c(=O)c1=O. The number of halogens is 2. The van der Waals surface area contributed by atoms with Crippen LogP contribution in [-0.4, -0.2) is 126 Å². The monoisotopic (exact) mass is 754 g/mol. The first kappa shape index (κ1) is 42.9. The van der Waals surface area contributed by atoms with E-state index in [9.17, 15) is 58.3 Å². The number of carboxylic acids is 1. The van der Waals surface area contributed by atoms with Gasteiger partial charge in [0.15, 0.2) is 0 Å². The molecule has 2 amide bonds. The Hall–Kier alpha value is -4.55. The Balaban J connectivity index is 1.55. The number of amides is 2. The van der Waals surface area contributed by atoms with Gasteiger partial charge in [-0.3, -0.25) is 19.2 Å². The fraction of sp³-hybridized carbons (Fsp3) is 0.559. The predicted molar refractivity (Wildman–Crippen MR) is 183 cm³/mol. The minimum atomic E-state index is -4.02. The lowest BCUT2D eigenvalue weighted by molar-refractivity contribution is -0.310. The van der Waals surface area contributed by atoms with Crippen LogP contribution in [0.15, 0.2) is 39.9 Å². The second kappa shape index (κ2) is 20.1. The maximum atomic E-state index is 14.6. The van der Waals surface area contributed by atoms with E-state index in [0.717, 1.165) is 12.1 Å². The fourth-order valence-corrected chi connectivity index (χ4v) is 5.51. The van der Waals surface area contributed by atoms with Crippen LogP contribution in [0.4, 0.5) is 20.2 Å². The quantitative estimate of drug-likeness (QED) is 0.0351. The summed E-state index contributed by atoms with van der Waals surface area (Å²) < 4.78 is 45.5. The van der Waals surface area contributed by atoms with Gasteiger partial charge in [0, 0.05) is 31.6 Å². The predicted octanol–water partition coefficient (Wildman–Crippen LogP) is -1.63. The van der Waals surface area contributed by atoms with Crippen LogP contribution in [0.3, 0.4) is 0 Å². The molecule has 0 aromatic heterocycles. The number of aliphatic hydroxyl groups is 4. The highest BCUT2D eigenvalue weighted by molar-refractivity contribution is 5.84. The molecule has 6 atom stereocenters. The van der Waals surface area contributed by atoms with Gasteiger partial charge in [0.1, 0.15) is 36.8 Å². The zero-order chi connectivity index (χ0) is 39.2. The van der Waals surface area contributed by atoms with Crippen molar-refractivity contribution in [2.24, 2.45) is 0 Å².